The Labute approximate surface area is 209 Å². The standard InChI is InChI=1S/C23H32O8S3/c1-22(2,23-12-16-9-17(13-23)11-18(10-16)14-23)28-21(24)7-8-32-20-5-3-19(4-6-20)29-34(26,27)15-33-31-30-25/h3-6,16-18,25H,7-15H2,1-2H3/p-1. The zero-order valence-electron chi connectivity index (χ0n) is 19.4. The van der Waals surface area contributed by atoms with Crippen molar-refractivity contribution in [3.63, 3.8) is 0 Å². The van der Waals surface area contributed by atoms with Crippen LogP contribution in [0.2, 0.25) is 0 Å². The Bertz CT molecular complexity index is 926. The van der Waals surface area contributed by atoms with Gasteiger partial charge in [-0.25, -0.2) is 0 Å². The lowest BCUT2D eigenvalue weighted by atomic mass is 9.46. The molecular weight excluding hydrogens is 500 g/mol. The van der Waals surface area contributed by atoms with Gasteiger partial charge in [0.05, 0.1) is 18.5 Å². The van der Waals surface area contributed by atoms with Crippen LogP contribution in [-0.2, 0) is 29.0 Å². The molecule has 0 heterocycles. The average molecular weight is 532 g/mol. The SMILES string of the molecule is CC(C)(OC(=O)CCSc1ccc(OS(=O)(=O)CSOO[O-])cc1)C12CC3CC(CC(C3)C1)C2. The molecule has 1 aromatic carbocycles. The third kappa shape index (κ3) is 6.22. The van der Waals surface area contributed by atoms with E-state index in [1.54, 1.807) is 12.1 Å². The summed E-state index contributed by atoms with van der Waals surface area (Å²) in [7, 11) is -3.93. The fourth-order valence-electron chi connectivity index (χ4n) is 6.40. The molecule has 11 heteroatoms. The van der Waals surface area contributed by atoms with Crippen molar-refractivity contribution in [3.8, 4) is 5.75 Å². The zero-order chi connectivity index (χ0) is 24.4. The molecule has 4 aliphatic rings. The predicted octanol–water partition coefficient (Wildman–Crippen LogP) is 4.24. The van der Waals surface area contributed by atoms with Crippen LogP contribution >= 0.6 is 23.8 Å². The summed E-state index contributed by atoms with van der Waals surface area (Å²) < 4.78 is 38.5. The first-order valence-electron chi connectivity index (χ1n) is 11.5. The summed E-state index contributed by atoms with van der Waals surface area (Å²) in [6.45, 7) is 4.21. The summed E-state index contributed by atoms with van der Waals surface area (Å²) in [5.74, 6) is 2.96. The van der Waals surface area contributed by atoms with Gasteiger partial charge in [-0.15, -0.1) is 11.8 Å². The van der Waals surface area contributed by atoms with Gasteiger partial charge in [0.2, 0.25) is 0 Å². The first-order chi connectivity index (χ1) is 16.1. The first-order valence-corrected chi connectivity index (χ1v) is 15.0. The lowest BCUT2D eigenvalue weighted by molar-refractivity contribution is -0.777. The molecule has 4 fully saturated rings. The monoisotopic (exact) mass is 531 g/mol. The number of benzene rings is 1. The molecule has 0 saturated heterocycles. The fraction of sp³-hybridized carbons (Fsp3) is 0.696. The molecule has 4 saturated carbocycles. The predicted molar refractivity (Wildman–Crippen MR) is 127 cm³/mol. The van der Waals surface area contributed by atoms with Crippen LogP contribution in [0.5, 0.6) is 5.75 Å². The van der Waals surface area contributed by atoms with Crippen LogP contribution < -0.4 is 9.44 Å². The third-order valence-electron chi connectivity index (χ3n) is 7.57. The molecule has 34 heavy (non-hydrogen) atoms. The van der Waals surface area contributed by atoms with E-state index in [1.807, 2.05) is 0 Å². The Morgan fingerprint density at radius 3 is 2.24 bits per heavy atom. The Morgan fingerprint density at radius 1 is 1.09 bits per heavy atom. The molecule has 0 radical (unpaired) electrons. The maximum absolute atomic E-state index is 12.7. The lowest BCUT2D eigenvalue weighted by Crippen LogP contribution is -2.57. The van der Waals surface area contributed by atoms with E-state index in [1.165, 1.54) is 62.4 Å². The van der Waals surface area contributed by atoms with Crippen LogP contribution in [0.25, 0.3) is 0 Å². The number of thioether (sulfide) groups is 1. The second kappa shape index (κ2) is 10.6. The number of esters is 1. The molecule has 190 valence electrons. The number of rotatable bonds is 12. The van der Waals surface area contributed by atoms with Crippen molar-refractivity contribution in [2.75, 3.05) is 10.8 Å². The van der Waals surface area contributed by atoms with Crippen molar-refractivity contribution in [1.82, 2.24) is 0 Å². The van der Waals surface area contributed by atoms with E-state index in [0.717, 1.165) is 22.6 Å². The first kappa shape index (κ1) is 26.1. The summed E-state index contributed by atoms with van der Waals surface area (Å²) in [5, 5.41) is 12.2. The van der Waals surface area contributed by atoms with Gasteiger partial charge >= 0.3 is 16.1 Å². The van der Waals surface area contributed by atoms with Crippen LogP contribution in [0, 0.1) is 23.2 Å². The second-order valence-corrected chi connectivity index (χ2v) is 14.0. The molecule has 0 spiro atoms. The van der Waals surface area contributed by atoms with E-state index >= 15 is 0 Å². The lowest BCUT2D eigenvalue weighted by Gasteiger charge is -2.61. The Morgan fingerprint density at radius 2 is 1.68 bits per heavy atom. The number of hydrogen-bond acceptors (Lipinski definition) is 10. The molecule has 0 amide bonds. The fourth-order valence-corrected chi connectivity index (χ4v) is 8.50. The normalized spacial score (nSPS) is 28.1. The van der Waals surface area contributed by atoms with Gasteiger partial charge in [0, 0.05) is 16.1 Å². The van der Waals surface area contributed by atoms with E-state index in [0.29, 0.717) is 24.2 Å². The molecule has 0 atom stereocenters. The highest BCUT2D eigenvalue weighted by molar-refractivity contribution is 8.08. The maximum Gasteiger partial charge on any atom is 0.321 e. The zero-order valence-corrected chi connectivity index (χ0v) is 21.8. The molecule has 4 aliphatic carbocycles. The summed E-state index contributed by atoms with van der Waals surface area (Å²) in [5.41, 5.74) is -0.314. The Kier molecular flexibility index (Phi) is 8.10. The van der Waals surface area contributed by atoms with E-state index in [-0.39, 0.29) is 17.1 Å². The van der Waals surface area contributed by atoms with Crippen molar-refractivity contribution in [2.45, 2.75) is 69.3 Å². The van der Waals surface area contributed by atoms with E-state index < -0.39 is 20.8 Å². The van der Waals surface area contributed by atoms with Crippen LogP contribution in [0.1, 0.15) is 58.8 Å². The van der Waals surface area contributed by atoms with E-state index in [2.05, 4.69) is 23.2 Å². The Hall–Kier alpha value is -0.980. The van der Waals surface area contributed by atoms with Crippen LogP contribution in [-0.4, -0.2) is 30.8 Å². The molecule has 5 rings (SSSR count). The van der Waals surface area contributed by atoms with Crippen molar-refractivity contribution >= 4 is 39.9 Å². The van der Waals surface area contributed by atoms with Crippen molar-refractivity contribution in [3.05, 3.63) is 24.3 Å². The average Bonchev–Trinajstić information content (AvgIpc) is 2.73. The van der Waals surface area contributed by atoms with E-state index in [4.69, 9.17) is 8.92 Å². The van der Waals surface area contributed by atoms with Gasteiger partial charge in [-0.05, 0) is 94.4 Å². The van der Waals surface area contributed by atoms with Crippen molar-refractivity contribution < 1.29 is 36.8 Å². The molecular formula is C23H31O8S3-. The van der Waals surface area contributed by atoms with Crippen molar-refractivity contribution in [1.29, 1.82) is 0 Å². The van der Waals surface area contributed by atoms with Crippen molar-refractivity contribution in [2.24, 2.45) is 23.2 Å². The Balaban J connectivity index is 1.23. The van der Waals surface area contributed by atoms with E-state index in [9.17, 15) is 18.5 Å². The summed E-state index contributed by atoms with van der Waals surface area (Å²) in [6.07, 6.45) is 7.97. The van der Waals surface area contributed by atoms with Crippen LogP contribution in [0.4, 0.5) is 0 Å². The minimum atomic E-state index is -3.93. The maximum atomic E-state index is 12.7. The molecule has 8 nitrogen and oxygen atoms in total. The van der Waals surface area contributed by atoms with Crippen LogP contribution in [0.15, 0.2) is 29.2 Å². The number of carbonyl (C=O) groups excluding carboxylic acids is 1. The minimum absolute atomic E-state index is 0.132. The summed E-state index contributed by atoms with van der Waals surface area (Å²) in [6, 6.07) is 6.52. The molecule has 1 aromatic rings. The molecule has 0 aliphatic heterocycles. The highest BCUT2D eigenvalue weighted by atomic mass is 32.3. The highest BCUT2D eigenvalue weighted by Gasteiger charge is 2.58. The number of carbonyl (C=O) groups is 1. The smallest absolute Gasteiger partial charge is 0.321 e. The number of ether oxygens (including phenoxy) is 1. The summed E-state index contributed by atoms with van der Waals surface area (Å²) in [4.78, 5) is 13.6. The largest absolute Gasteiger partial charge is 0.691 e. The van der Waals surface area contributed by atoms with Crippen LogP contribution in [0.3, 0.4) is 0 Å². The molecule has 0 N–H and O–H groups in total. The second-order valence-electron chi connectivity index (χ2n) is 10.3. The van der Waals surface area contributed by atoms with Gasteiger partial charge in [-0.2, -0.15) is 12.8 Å². The topological polar surface area (TPSA) is 111 Å². The van der Waals surface area contributed by atoms with Gasteiger partial charge < -0.3 is 14.2 Å². The summed E-state index contributed by atoms with van der Waals surface area (Å²) >= 11 is 1.82. The van der Waals surface area contributed by atoms with Gasteiger partial charge in [0.15, 0.2) is 5.08 Å². The van der Waals surface area contributed by atoms with Gasteiger partial charge in [0.1, 0.15) is 11.4 Å². The minimum Gasteiger partial charge on any atom is -0.691 e. The molecule has 0 aromatic heterocycles. The third-order valence-corrected chi connectivity index (χ3v) is 10.7. The quantitative estimate of drug-likeness (QED) is 0.0738. The molecule has 0 unspecified atom stereocenters. The highest BCUT2D eigenvalue weighted by Crippen LogP contribution is 2.64. The van der Waals surface area contributed by atoms with Gasteiger partial charge in [-0.1, -0.05) is 0 Å². The van der Waals surface area contributed by atoms with Gasteiger partial charge in [0.25, 0.3) is 0 Å². The van der Waals surface area contributed by atoms with Gasteiger partial charge in [-0.3, -0.25) is 9.83 Å². The number of hydrogen-bond donors (Lipinski definition) is 0. The molecule has 4 bridgehead atoms.